The fourth-order valence-electron chi connectivity index (χ4n) is 7.87. The van der Waals surface area contributed by atoms with E-state index in [-0.39, 0.29) is 29.8 Å². The van der Waals surface area contributed by atoms with E-state index in [9.17, 15) is 9.90 Å². The molecule has 0 radical (unpaired) electrons. The van der Waals surface area contributed by atoms with E-state index >= 15 is 0 Å². The van der Waals surface area contributed by atoms with E-state index in [4.69, 9.17) is 15.5 Å². The van der Waals surface area contributed by atoms with E-state index in [1.54, 1.807) is 7.11 Å². The number of hydrogen-bond donors (Lipinski definition) is 2. The van der Waals surface area contributed by atoms with Gasteiger partial charge in [-0.2, -0.15) is 0 Å². The molecule has 0 aliphatic heterocycles. The van der Waals surface area contributed by atoms with Gasteiger partial charge in [-0.3, -0.25) is 4.79 Å². The van der Waals surface area contributed by atoms with Gasteiger partial charge in [0.05, 0.1) is 17.0 Å². The Morgan fingerprint density at radius 1 is 1.05 bits per heavy atom. The number of ether oxygens (including phenoxy) is 1. The number of methoxy groups -OCH3 is 1. The summed E-state index contributed by atoms with van der Waals surface area (Å²) in [6.45, 7) is 2.24. The monoisotopic (exact) mass is 572 g/mol. The molecule has 3 unspecified atom stereocenters. The SMILES string of the molecule is COc1ccc(C2CCC(CC3(c4cccc(-c5cnc(C6CC6)s5)c4)CCC(CO)CC3C(N)=O)CC2)cc1C. The van der Waals surface area contributed by atoms with Crippen molar-refractivity contribution in [2.75, 3.05) is 13.7 Å². The second-order valence-corrected chi connectivity index (χ2v) is 14.1. The first kappa shape index (κ1) is 28.4. The summed E-state index contributed by atoms with van der Waals surface area (Å²) in [5, 5.41) is 11.3. The highest BCUT2D eigenvalue weighted by atomic mass is 32.1. The molecule has 5 nitrogen and oxygen atoms in total. The van der Waals surface area contributed by atoms with Crippen molar-refractivity contribution < 1.29 is 14.6 Å². The lowest BCUT2D eigenvalue weighted by atomic mass is 9.55. The number of aliphatic hydroxyl groups excluding tert-OH is 1. The lowest BCUT2D eigenvalue weighted by molar-refractivity contribution is -0.127. The summed E-state index contributed by atoms with van der Waals surface area (Å²) < 4.78 is 5.48. The van der Waals surface area contributed by atoms with Crippen LogP contribution in [0.3, 0.4) is 0 Å². The molecule has 3 aromatic rings. The number of benzene rings is 2. The minimum atomic E-state index is -0.300. The number of aryl methyl sites for hydroxylation is 1. The summed E-state index contributed by atoms with van der Waals surface area (Å²) in [6.07, 6.45) is 12.6. The second-order valence-electron chi connectivity index (χ2n) is 13.0. The summed E-state index contributed by atoms with van der Waals surface area (Å²) in [7, 11) is 1.73. The van der Waals surface area contributed by atoms with Gasteiger partial charge < -0.3 is 15.6 Å². The molecular formula is C35H44N2O3S. The van der Waals surface area contributed by atoms with Crippen LogP contribution >= 0.6 is 11.3 Å². The van der Waals surface area contributed by atoms with Gasteiger partial charge in [-0.1, -0.05) is 30.3 Å². The van der Waals surface area contributed by atoms with Crippen molar-refractivity contribution in [1.82, 2.24) is 4.98 Å². The summed E-state index contributed by atoms with van der Waals surface area (Å²) in [6, 6.07) is 15.5. The maximum atomic E-state index is 13.1. The molecule has 1 heterocycles. The molecule has 0 bridgehead atoms. The third-order valence-electron chi connectivity index (χ3n) is 10.4. The first-order valence-corrected chi connectivity index (χ1v) is 16.3. The van der Waals surface area contributed by atoms with Gasteiger partial charge >= 0.3 is 0 Å². The van der Waals surface area contributed by atoms with Gasteiger partial charge in [0.2, 0.25) is 5.91 Å². The molecule has 6 rings (SSSR count). The van der Waals surface area contributed by atoms with Crippen molar-refractivity contribution in [3.8, 4) is 16.2 Å². The Morgan fingerprint density at radius 2 is 1.83 bits per heavy atom. The molecule has 0 saturated heterocycles. The Hall–Kier alpha value is -2.70. The van der Waals surface area contributed by atoms with Crippen molar-refractivity contribution in [1.29, 1.82) is 0 Å². The summed E-state index contributed by atoms with van der Waals surface area (Å²) >= 11 is 1.82. The number of carbonyl (C=O) groups is 1. The Labute approximate surface area is 248 Å². The standard InChI is InChI=1S/C35H44N2O3S/c1-22-16-27(12-13-31(22)40-2)25-8-6-23(7-9-25)19-35(15-14-24(21-38)17-30(35)33(36)39)29-5-3-4-28(18-29)32-20-37-34(41-32)26-10-11-26/h3-5,12-13,16,18,20,23-26,30,38H,6-11,14-15,17,19,21H2,1-2H3,(H2,36,39). The molecule has 1 aromatic heterocycles. The number of amides is 1. The first-order chi connectivity index (χ1) is 19.9. The van der Waals surface area contributed by atoms with Gasteiger partial charge in [0.25, 0.3) is 0 Å². The number of nitrogens with two attached hydrogens (primary N) is 1. The molecule has 1 amide bonds. The average molecular weight is 573 g/mol. The molecule has 3 aliphatic rings. The van der Waals surface area contributed by atoms with Gasteiger partial charge in [-0.15, -0.1) is 11.3 Å². The van der Waals surface area contributed by atoms with E-state index in [2.05, 4.69) is 49.4 Å². The van der Waals surface area contributed by atoms with Crippen molar-refractivity contribution in [2.24, 2.45) is 23.5 Å². The van der Waals surface area contributed by atoms with Crippen molar-refractivity contribution in [3.05, 3.63) is 70.4 Å². The third kappa shape index (κ3) is 5.83. The largest absolute Gasteiger partial charge is 0.496 e. The Bertz CT molecular complexity index is 1370. The molecule has 3 N–H and O–H groups in total. The van der Waals surface area contributed by atoms with E-state index in [0.29, 0.717) is 24.2 Å². The van der Waals surface area contributed by atoms with Crippen LogP contribution in [0.15, 0.2) is 48.7 Å². The van der Waals surface area contributed by atoms with Crippen molar-refractivity contribution in [3.63, 3.8) is 0 Å². The summed E-state index contributed by atoms with van der Waals surface area (Å²) in [5.41, 5.74) is 10.9. The van der Waals surface area contributed by atoms with E-state index in [0.717, 1.165) is 50.7 Å². The highest BCUT2D eigenvalue weighted by Gasteiger charge is 2.48. The lowest BCUT2D eigenvalue weighted by Crippen LogP contribution is -2.48. The molecule has 3 fully saturated rings. The molecular weight excluding hydrogens is 528 g/mol. The number of thiazole rings is 1. The van der Waals surface area contributed by atoms with Crippen LogP contribution in [0.5, 0.6) is 5.75 Å². The number of aromatic nitrogens is 1. The number of nitrogens with zero attached hydrogens (tertiary/aromatic N) is 1. The van der Waals surface area contributed by atoms with Crippen LogP contribution in [0.1, 0.15) is 97.7 Å². The van der Waals surface area contributed by atoms with E-state index in [1.807, 2.05) is 17.5 Å². The fourth-order valence-corrected chi connectivity index (χ4v) is 8.95. The zero-order chi connectivity index (χ0) is 28.6. The van der Waals surface area contributed by atoms with Gasteiger partial charge in [-0.05, 0) is 123 Å². The number of carbonyl (C=O) groups excluding carboxylic acids is 1. The lowest BCUT2D eigenvalue weighted by Gasteiger charge is -2.48. The zero-order valence-corrected chi connectivity index (χ0v) is 25.3. The molecule has 41 heavy (non-hydrogen) atoms. The number of rotatable bonds is 9. The highest BCUT2D eigenvalue weighted by molar-refractivity contribution is 7.15. The van der Waals surface area contributed by atoms with Crippen LogP contribution in [0.25, 0.3) is 10.4 Å². The van der Waals surface area contributed by atoms with E-state index in [1.165, 1.54) is 45.0 Å². The molecule has 2 aromatic carbocycles. The number of hydrogen-bond acceptors (Lipinski definition) is 5. The first-order valence-electron chi connectivity index (χ1n) is 15.5. The Morgan fingerprint density at radius 3 is 2.51 bits per heavy atom. The van der Waals surface area contributed by atoms with Crippen LogP contribution < -0.4 is 10.5 Å². The van der Waals surface area contributed by atoms with Crippen LogP contribution in [0.4, 0.5) is 0 Å². The zero-order valence-electron chi connectivity index (χ0n) is 24.5. The Balaban J connectivity index is 1.27. The number of aliphatic hydroxyl groups is 1. The Kier molecular flexibility index (Phi) is 8.24. The molecule has 3 saturated carbocycles. The molecule has 0 spiro atoms. The quantitative estimate of drug-likeness (QED) is 0.278. The second kappa shape index (κ2) is 11.9. The molecule has 3 atom stereocenters. The van der Waals surface area contributed by atoms with Crippen LogP contribution in [-0.2, 0) is 10.2 Å². The number of primary amides is 1. The van der Waals surface area contributed by atoms with Gasteiger partial charge in [0, 0.05) is 30.1 Å². The summed E-state index contributed by atoms with van der Waals surface area (Å²) in [5.74, 6) is 2.36. The fraction of sp³-hybridized carbons (Fsp3) is 0.543. The topological polar surface area (TPSA) is 85.4 Å². The minimum absolute atomic E-state index is 0.122. The summed E-state index contributed by atoms with van der Waals surface area (Å²) in [4.78, 5) is 19.1. The van der Waals surface area contributed by atoms with Gasteiger partial charge in [0.15, 0.2) is 0 Å². The third-order valence-corrected chi connectivity index (χ3v) is 11.6. The van der Waals surface area contributed by atoms with Crippen LogP contribution in [-0.4, -0.2) is 29.7 Å². The maximum Gasteiger partial charge on any atom is 0.221 e. The highest BCUT2D eigenvalue weighted by Crippen LogP contribution is 2.53. The van der Waals surface area contributed by atoms with Crippen molar-refractivity contribution >= 4 is 17.2 Å². The predicted molar refractivity (Wildman–Crippen MR) is 165 cm³/mol. The molecule has 218 valence electrons. The van der Waals surface area contributed by atoms with Gasteiger partial charge in [0.1, 0.15) is 5.75 Å². The predicted octanol–water partition coefficient (Wildman–Crippen LogP) is 7.50. The normalized spacial score (nSPS) is 28.4. The molecule has 3 aliphatic carbocycles. The van der Waals surface area contributed by atoms with E-state index < -0.39 is 0 Å². The van der Waals surface area contributed by atoms with Crippen molar-refractivity contribution in [2.45, 2.75) is 88.4 Å². The van der Waals surface area contributed by atoms with Crippen LogP contribution in [0.2, 0.25) is 0 Å². The maximum absolute atomic E-state index is 13.1. The molecule has 6 heteroatoms. The average Bonchev–Trinajstić information content (AvgIpc) is 3.73. The minimum Gasteiger partial charge on any atom is -0.496 e. The smallest absolute Gasteiger partial charge is 0.221 e. The van der Waals surface area contributed by atoms with Crippen LogP contribution in [0, 0.1) is 24.7 Å². The van der Waals surface area contributed by atoms with Gasteiger partial charge in [-0.25, -0.2) is 4.98 Å².